The Morgan fingerprint density at radius 1 is 1.08 bits per heavy atom. The fourth-order valence-corrected chi connectivity index (χ4v) is 3.25. The Morgan fingerprint density at radius 2 is 1.80 bits per heavy atom. The molecule has 0 aliphatic rings. The summed E-state index contributed by atoms with van der Waals surface area (Å²) in [7, 11) is 0. The van der Waals surface area contributed by atoms with E-state index in [1.807, 2.05) is 19.1 Å². The number of phenolic OH excluding ortho intramolecular Hbond substituents is 1. The van der Waals surface area contributed by atoms with E-state index in [1.165, 1.54) is 6.07 Å². The minimum Gasteiger partial charge on any atom is -0.503 e. The summed E-state index contributed by atoms with van der Waals surface area (Å²) < 4.78 is 40.4. The smallest absolute Gasteiger partial charge is 0.206 e. The van der Waals surface area contributed by atoms with Crippen molar-refractivity contribution in [1.29, 1.82) is 0 Å². The Bertz CT molecular complexity index is 998. The van der Waals surface area contributed by atoms with Gasteiger partial charge in [0.1, 0.15) is 0 Å². The highest BCUT2D eigenvalue weighted by Gasteiger charge is 2.24. The van der Waals surface area contributed by atoms with Crippen LogP contribution in [0.25, 0.3) is 10.4 Å². The van der Waals surface area contributed by atoms with E-state index >= 15 is 0 Å². The Labute approximate surface area is 145 Å². The molecule has 0 fully saturated rings. The third-order valence-corrected chi connectivity index (χ3v) is 4.90. The van der Waals surface area contributed by atoms with Crippen LogP contribution in [0.5, 0.6) is 5.75 Å². The minimum atomic E-state index is -1.73. The molecule has 128 valence electrons. The number of carbonyl (C=O) groups excluding carboxylic acids is 1. The molecular formula is C18H12F3NO2S. The predicted octanol–water partition coefficient (Wildman–Crippen LogP) is 4.66. The monoisotopic (exact) mass is 363 g/mol. The highest BCUT2D eigenvalue weighted by molar-refractivity contribution is 7.17. The van der Waals surface area contributed by atoms with Crippen LogP contribution >= 0.6 is 11.3 Å². The first-order chi connectivity index (χ1) is 11.8. The van der Waals surface area contributed by atoms with E-state index in [9.17, 15) is 23.1 Å². The lowest BCUT2D eigenvalue weighted by Crippen LogP contribution is -2.05. The van der Waals surface area contributed by atoms with Gasteiger partial charge in [0.15, 0.2) is 17.4 Å². The third-order valence-electron chi connectivity index (χ3n) is 3.77. The molecule has 0 bridgehead atoms. The normalized spacial score (nSPS) is 10.9. The van der Waals surface area contributed by atoms with E-state index in [0.29, 0.717) is 16.6 Å². The Morgan fingerprint density at radius 3 is 2.48 bits per heavy atom. The van der Waals surface area contributed by atoms with Crippen LogP contribution in [0, 0.1) is 24.4 Å². The average molecular weight is 363 g/mol. The number of halogens is 3. The fraction of sp³-hybridized carbons (Fsp3) is 0.0556. The van der Waals surface area contributed by atoms with Crippen molar-refractivity contribution in [1.82, 2.24) is 0 Å². The molecule has 25 heavy (non-hydrogen) atoms. The summed E-state index contributed by atoms with van der Waals surface area (Å²) >= 11 is 1.06. The van der Waals surface area contributed by atoms with E-state index in [1.54, 1.807) is 12.1 Å². The van der Waals surface area contributed by atoms with Crippen LogP contribution in [-0.4, -0.2) is 10.9 Å². The third kappa shape index (κ3) is 2.98. The van der Waals surface area contributed by atoms with Crippen molar-refractivity contribution in [2.75, 3.05) is 5.73 Å². The van der Waals surface area contributed by atoms with Crippen LogP contribution in [0.3, 0.4) is 0 Å². The summed E-state index contributed by atoms with van der Waals surface area (Å²) in [6.07, 6.45) is 0. The van der Waals surface area contributed by atoms with Crippen molar-refractivity contribution < 1.29 is 23.1 Å². The Balaban J connectivity index is 2.00. The molecule has 0 amide bonds. The lowest BCUT2D eigenvalue weighted by Gasteiger charge is -2.05. The summed E-state index contributed by atoms with van der Waals surface area (Å²) in [4.78, 5) is 13.2. The number of carbonyl (C=O) groups is 1. The van der Waals surface area contributed by atoms with Crippen LogP contribution < -0.4 is 5.73 Å². The number of nitrogen functional groups attached to an aromatic ring is 1. The number of aromatic hydroxyl groups is 1. The van der Waals surface area contributed by atoms with Gasteiger partial charge in [-0.1, -0.05) is 12.1 Å². The van der Waals surface area contributed by atoms with E-state index in [2.05, 4.69) is 0 Å². The standard InChI is InChI=1S/C18H12F3NO2S/c1-8-2-3-9(6-12(8)22)13-4-5-14(25-13)17(23)10-7-11(19)16(21)18(24)15(10)20/h2-7,24H,22H2,1H3. The van der Waals surface area contributed by atoms with E-state index < -0.39 is 34.5 Å². The molecule has 0 saturated carbocycles. The van der Waals surface area contributed by atoms with Gasteiger partial charge in [-0.3, -0.25) is 4.79 Å². The van der Waals surface area contributed by atoms with Crippen LogP contribution in [0.15, 0.2) is 36.4 Å². The summed E-state index contributed by atoms with van der Waals surface area (Å²) in [6.45, 7) is 1.86. The molecule has 3 aromatic rings. The second-order valence-corrected chi connectivity index (χ2v) is 6.53. The maximum Gasteiger partial charge on any atom is 0.206 e. The molecule has 3 N–H and O–H groups in total. The maximum absolute atomic E-state index is 13.9. The predicted molar refractivity (Wildman–Crippen MR) is 90.3 cm³/mol. The number of hydrogen-bond donors (Lipinski definition) is 2. The molecule has 2 aromatic carbocycles. The zero-order valence-corrected chi connectivity index (χ0v) is 13.8. The molecule has 0 spiro atoms. The summed E-state index contributed by atoms with van der Waals surface area (Å²) in [6, 6.07) is 8.96. The molecule has 0 aliphatic heterocycles. The first-order valence-electron chi connectivity index (χ1n) is 7.17. The summed E-state index contributed by atoms with van der Waals surface area (Å²) in [5.74, 6) is -7.06. The molecule has 1 aromatic heterocycles. The number of aryl methyl sites for hydroxylation is 1. The SMILES string of the molecule is Cc1ccc(-c2ccc(C(=O)c3cc(F)c(F)c(O)c3F)s2)cc1N. The van der Waals surface area contributed by atoms with Gasteiger partial charge in [-0.15, -0.1) is 11.3 Å². The molecule has 3 rings (SSSR count). The molecule has 0 radical (unpaired) electrons. The van der Waals surface area contributed by atoms with Gasteiger partial charge in [-0.05, 0) is 42.3 Å². The topological polar surface area (TPSA) is 63.3 Å². The second kappa shape index (κ2) is 6.25. The van der Waals surface area contributed by atoms with Gasteiger partial charge in [-0.2, -0.15) is 4.39 Å². The zero-order valence-electron chi connectivity index (χ0n) is 12.9. The van der Waals surface area contributed by atoms with Crippen molar-refractivity contribution in [3.8, 4) is 16.2 Å². The highest BCUT2D eigenvalue weighted by Crippen LogP contribution is 2.33. The van der Waals surface area contributed by atoms with Crippen molar-refractivity contribution >= 4 is 22.8 Å². The van der Waals surface area contributed by atoms with Gasteiger partial charge >= 0.3 is 0 Å². The minimum absolute atomic E-state index is 0.124. The molecule has 0 unspecified atom stereocenters. The number of rotatable bonds is 3. The first-order valence-corrected chi connectivity index (χ1v) is 7.98. The molecule has 0 saturated heterocycles. The number of thiophene rings is 1. The van der Waals surface area contributed by atoms with Gasteiger partial charge in [-0.25, -0.2) is 8.78 Å². The second-order valence-electron chi connectivity index (χ2n) is 5.45. The maximum atomic E-state index is 13.9. The van der Waals surface area contributed by atoms with Crippen LogP contribution in [0.2, 0.25) is 0 Å². The fourth-order valence-electron chi connectivity index (χ4n) is 2.30. The van der Waals surface area contributed by atoms with E-state index in [4.69, 9.17) is 5.73 Å². The number of anilines is 1. The summed E-state index contributed by atoms with van der Waals surface area (Å²) in [5.41, 5.74) is 7.42. The van der Waals surface area contributed by atoms with E-state index in [0.717, 1.165) is 22.5 Å². The van der Waals surface area contributed by atoms with Crippen molar-refractivity contribution in [3.63, 3.8) is 0 Å². The number of hydrogen-bond acceptors (Lipinski definition) is 4. The number of phenols is 1. The highest BCUT2D eigenvalue weighted by atomic mass is 32.1. The first kappa shape index (κ1) is 17.0. The van der Waals surface area contributed by atoms with Crippen molar-refractivity contribution in [2.45, 2.75) is 6.92 Å². The van der Waals surface area contributed by atoms with Crippen LogP contribution in [0.4, 0.5) is 18.9 Å². The molecule has 7 heteroatoms. The van der Waals surface area contributed by atoms with Gasteiger partial charge in [0.05, 0.1) is 10.4 Å². The molecule has 0 atom stereocenters. The largest absolute Gasteiger partial charge is 0.503 e. The molecule has 3 nitrogen and oxygen atoms in total. The zero-order chi connectivity index (χ0) is 18.3. The number of ketones is 1. The molecule has 1 heterocycles. The van der Waals surface area contributed by atoms with Gasteiger partial charge in [0, 0.05) is 10.6 Å². The van der Waals surface area contributed by atoms with Gasteiger partial charge in [0.2, 0.25) is 11.6 Å². The van der Waals surface area contributed by atoms with Crippen molar-refractivity contribution in [3.05, 3.63) is 69.9 Å². The molecular weight excluding hydrogens is 351 g/mol. The van der Waals surface area contributed by atoms with Gasteiger partial charge in [0.25, 0.3) is 0 Å². The molecule has 0 aliphatic carbocycles. The van der Waals surface area contributed by atoms with Crippen molar-refractivity contribution in [2.24, 2.45) is 0 Å². The van der Waals surface area contributed by atoms with Gasteiger partial charge < -0.3 is 10.8 Å². The number of nitrogens with two attached hydrogens (primary N) is 1. The average Bonchev–Trinajstić information content (AvgIpc) is 3.08. The lowest BCUT2D eigenvalue weighted by molar-refractivity contribution is 0.103. The Hall–Kier alpha value is -2.80. The lowest BCUT2D eigenvalue weighted by atomic mass is 10.1. The Kier molecular flexibility index (Phi) is 4.26. The van der Waals surface area contributed by atoms with Crippen LogP contribution in [-0.2, 0) is 0 Å². The van der Waals surface area contributed by atoms with Crippen LogP contribution in [0.1, 0.15) is 20.8 Å². The number of benzene rings is 2. The summed E-state index contributed by atoms with van der Waals surface area (Å²) in [5, 5.41) is 9.25. The van der Waals surface area contributed by atoms with E-state index in [-0.39, 0.29) is 4.88 Å². The quantitative estimate of drug-likeness (QED) is 0.404.